The molecule has 0 fully saturated rings. The SMILES string of the molecule is Cn1cc(S(=O)(=O)Nc2cccc(C(F)(F)F)c2)c(=O)n(C)c1=O. The fraction of sp³-hybridized carbons (Fsp3) is 0.231. The number of aryl methyl sites for hydroxylation is 1. The van der Waals surface area contributed by atoms with Gasteiger partial charge in [0.2, 0.25) is 0 Å². The first-order valence-electron chi connectivity index (χ1n) is 6.40. The fourth-order valence-electron chi connectivity index (χ4n) is 1.93. The first-order valence-corrected chi connectivity index (χ1v) is 7.88. The number of sulfonamides is 1. The molecule has 24 heavy (non-hydrogen) atoms. The van der Waals surface area contributed by atoms with Crippen LogP contribution in [0.3, 0.4) is 0 Å². The van der Waals surface area contributed by atoms with Gasteiger partial charge in [-0.1, -0.05) is 6.07 Å². The van der Waals surface area contributed by atoms with E-state index in [1.807, 2.05) is 4.72 Å². The molecule has 1 aromatic heterocycles. The van der Waals surface area contributed by atoms with Gasteiger partial charge >= 0.3 is 11.9 Å². The van der Waals surface area contributed by atoms with E-state index in [2.05, 4.69) is 0 Å². The smallest absolute Gasteiger partial charge is 0.302 e. The third-order valence-corrected chi connectivity index (χ3v) is 4.51. The van der Waals surface area contributed by atoms with Gasteiger partial charge in [0.25, 0.3) is 15.6 Å². The van der Waals surface area contributed by atoms with Crippen LogP contribution in [0.15, 0.2) is 44.9 Å². The van der Waals surface area contributed by atoms with Crippen LogP contribution in [-0.4, -0.2) is 17.6 Å². The molecular formula is C13H12F3N3O4S. The van der Waals surface area contributed by atoms with Crippen molar-refractivity contribution in [2.24, 2.45) is 14.1 Å². The molecule has 130 valence electrons. The predicted octanol–water partition coefficient (Wildman–Crippen LogP) is 0.904. The summed E-state index contributed by atoms with van der Waals surface area (Å²) < 4.78 is 65.9. The van der Waals surface area contributed by atoms with Crippen molar-refractivity contribution in [3.8, 4) is 0 Å². The Balaban J connectivity index is 2.51. The van der Waals surface area contributed by atoms with E-state index in [-0.39, 0.29) is 5.69 Å². The van der Waals surface area contributed by atoms with Crippen molar-refractivity contribution < 1.29 is 21.6 Å². The van der Waals surface area contributed by atoms with Crippen LogP contribution in [0.2, 0.25) is 0 Å². The summed E-state index contributed by atoms with van der Waals surface area (Å²) in [6.07, 6.45) is -3.84. The molecule has 2 rings (SSSR count). The molecule has 1 aromatic carbocycles. The molecule has 0 radical (unpaired) electrons. The van der Waals surface area contributed by atoms with E-state index in [0.29, 0.717) is 10.6 Å². The van der Waals surface area contributed by atoms with Crippen LogP contribution in [0, 0.1) is 0 Å². The number of nitrogens with zero attached hydrogens (tertiary/aromatic N) is 2. The topological polar surface area (TPSA) is 90.2 Å². The molecule has 0 aliphatic carbocycles. The van der Waals surface area contributed by atoms with Crippen LogP contribution in [-0.2, 0) is 30.3 Å². The number of hydrogen-bond acceptors (Lipinski definition) is 4. The monoisotopic (exact) mass is 363 g/mol. The first-order chi connectivity index (χ1) is 10.9. The van der Waals surface area contributed by atoms with Crippen LogP contribution in [0.1, 0.15) is 5.56 Å². The highest BCUT2D eigenvalue weighted by atomic mass is 32.2. The molecule has 0 bridgehead atoms. The van der Waals surface area contributed by atoms with E-state index >= 15 is 0 Å². The number of anilines is 1. The number of halogens is 3. The summed E-state index contributed by atoms with van der Waals surface area (Å²) in [6, 6.07) is 3.52. The van der Waals surface area contributed by atoms with Gasteiger partial charge in [-0.3, -0.25) is 14.1 Å². The molecule has 0 aliphatic heterocycles. The van der Waals surface area contributed by atoms with E-state index in [0.717, 1.165) is 36.0 Å². The number of alkyl halides is 3. The van der Waals surface area contributed by atoms with Crippen molar-refractivity contribution in [3.63, 3.8) is 0 Å². The molecule has 0 atom stereocenters. The van der Waals surface area contributed by atoms with Crippen molar-refractivity contribution in [2.75, 3.05) is 4.72 Å². The quantitative estimate of drug-likeness (QED) is 0.878. The minimum absolute atomic E-state index is 0.360. The Morgan fingerprint density at radius 1 is 1.12 bits per heavy atom. The van der Waals surface area contributed by atoms with Gasteiger partial charge < -0.3 is 4.57 Å². The molecule has 0 aliphatic rings. The number of rotatable bonds is 3. The standard InChI is InChI=1S/C13H12F3N3O4S/c1-18-7-10(11(20)19(2)12(18)21)24(22,23)17-9-5-3-4-8(6-9)13(14,15)16/h3-7,17H,1-2H3. The van der Waals surface area contributed by atoms with Crippen LogP contribution in [0.25, 0.3) is 0 Å². The van der Waals surface area contributed by atoms with Crippen molar-refractivity contribution in [1.82, 2.24) is 9.13 Å². The van der Waals surface area contributed by atoms with Gasteiger partial charge in [-0.15, -0.1) is 0 Å². The number of aromatic nitrogens is 2. The van der Waals surface area contributed by atoms with Gasteiger partial charge in [0.05, 0.1) is 5.56 Å². The Hall–Kier alpha value is -2.56. The lowest BCUT2D eigenvalue weighted by atomic mass is 10.2. The molecule has 1 N–H and O–H groups in total. The first kappa shape index (κ1) is 17.8. The van der Waals surface area contributed by atoms with Crippen LogP contribution in [0.5, 0.6) is 0 Å². The van der Waals surface area contributed by atoms with Crippen LogP contribution < -0.4 is 16.0 Å². The summed E-state index contributed by atoms with van der Waals surface area (Å²) in [5, 5.41) is 0. The number of hydrogen-bond donors (Lipinski definition) is 1. The molecule has 0 unspecified atom stereocenters. The zero-order chi connectivity index (χ0) is 18.3. The highest BCUT2D eigenvalue weighted by Crippen LogP contribution is 2.31. The molecule has 0 spiro atoms. The Labute approximate surface area is 134 Å². The normalized spacial score (nSPS) is 12.2. The minimum atomic E-state index is -4.64. The Bertz CT molecular complexity index is 1010. The lowest BCUT2D eigenvalue weighted by Gasteiger charge is -2.12. The Morgan fingerprint density at radius 3 is 2.33 bits per heavy atom. The van der Waals surface area contributed by atoms with E-state index in [1.54, 1.807) is 0 Å². The second-order valence-corrected chi connectivity index (χ2v) is 6.59. The van der Waals surface area contributed by atoms with E-state index < -0.39 is 37.9 Å². The van der Waals surface area contributed by atoms with Gasteiger partial charge in [-0.05, 0) is 18.2 Å². The predicted molar refractivity (Wildman–Crippen MR) is 79.2 cm³/mol. The molecule has 0 amide bonds. The zero-order valence-electron chi connectivity index (χ0n) is 12.5. The second kappa shape index (κ2) is 5.82. The maximum atomic E-state index is 12.7. The molecule has 2 aromatic rings. The number of benzene rings is 1. The summed E-state index contributed by atoms with van der Waals surface area (Å²) in [5.41, 5.74) is -3.23. The maximum absolute atomic E-state index is 12.7. The van der Waals surface area contributed by atoms with Crippen molar-refractivity contribution in [1.29, 1.82) is 0 Å². The van der Waals surface area contributed by atoms with Crippen LogP contribution in [0.4, 0.5) is 18.9 Å². The molecular weight excluding hydrogens is 351 g/mol. The van der Waals surface area contributed by atoms with Gasteiger partial charge in [0.1, 0.15) is 0 Å². The van der Waals surface area contributed by atoms with E-state index in [9.17, 15) is 31.2 Å². The molecule has 1 heterocycles. The largest absolute Gasteiger partial charge is 0.416 e. The summed E-state index contributed by atoms with van der Waals surface area (Å²) in [5.74, 6) is 0. The van der Waals surface area contributed by atoms with Crippen LogP contribution >= 0.6 is 0 Å². The highest BCUT2D eigenvalue weighted by molar-refractivity contribution is 7.92. The lowest BCUT2D eigenvalue weighted by Crippen LogP contribution is -2.40. The van der Waals surface area contributed by atoms with Crippen molar-refractivity contribution >= 4 is 15.7 Å². The average Bonchev–Trinajstić information content (AvgIpc) is 2.47. The van der Waals surface area contributed by atoms with E-state index in [1.165, 1.54) is 7.05 Å². The molecule has 0 saturated carbocycles. The van der Waals surface area contributed by atoms with Gasteiger partial charge in [0, 0.05) is 26.0 Å². The fourth-order valence-corrected chi connectivity index (χ4v) is 3.14. The Kier molecular flexibility index (Phi) is 4.31. The number of nitrogens with one attached hydrogen (secondary N) is 1. The van der Waals surface area contributed by atoms with Crippen molar-refractivity contribution in [3.05, 3.63) is 56.9 Å². The second-order valence-electron chi connectivity index (χ2n) is 4.94. The summed E-state index contributed by atoms with van der Waals surface area (Å²) in [6.45, 7) is 0. The van der Waals surface area contributed by atoms with Gasteiger partial charge in [-0.2, -0.15) is 13.2 Å². The molecule has 0 saturated heterocycles. The van der Waals surface area contributed by atoms with Gasteiger partial charge in [-0.25, -0.2) is 13.2 Å². The average molecular weight is 363 g/mol. The zero-order valence-corrected chi connectivity index (χ0v) is 13.3. The molecule has 11 heteroatoms. The van der Waals surface area contributed by atoms with E-state index in [4.69, 9.17) is 0 Å². The minimum Gasteiger partial charge on any atom is -0.302 e. The lowest BCUT2D eigenvalue weighted by molar-refractivity contribution is -0.137. The maximum Gasteiger partial charge on any atom is 0.416 e. The highest BCUT2D eigenvalue weighted by Gasteiger charge is 2.31. The summed E-state index contributed by atoms with van der Waals surface area (Å²) in [4.78, 5) is 22.8. The molecule has 7 nitrogen and oxygen atoms in total. The third kappa shape index (κ3) is 3.35. The van der Waals surface area contributed by atoms with Gasteiger partial charge in [0.15, 0.2) is 4.90 Å². The third-order valence-electron chi connectivity index (χ3n) is 3.15. The van der Waals surface area contributed by atoms with Crippen molar-refractivity contribution in [2.45, 2.75) is 11.1 Å². The Morgan fingerprint density at radius 2 is 1.75 bits per heavy atom. The summed E-state index contributed by atoms with van der Waals surface area (Å²) >= 11 is 0. The summed E-state index contributed by atoms with van der Waals surface area (Å²) in [7, 11) is -2.15.